The fourth-order valence-corrected chi connectivity index (χ4v) is 2.64. The van der Waals surface area contributed by atoms with Crippen molar-refractivity contribution in [2.24, 2.45) is 0 Å². The van der Waals surface area contributed by atoms with Crippen LogP contribution in [-0.2, 0) is 6.18 Å². The quantitative estimate of drug-likeness (QED) is 0.300. The van der Waals surface area contributed by atoms with Crippen molar-refractivity contribution >= 4 is 34.8 Å². The number of benzene rings is 1. The van der Waals surface area contributed by atoms with E-state index in [0.717, 1.165) is 18.2 Å². The van der Waals surface area contributed by atoms with Crippen LogP contribution >= 0.6 is 34.8 Å². The number of alkyl halides is 3. The third-order valence-corrected chi connectivity index (χ3v) is 4.02. The SMILES string of the molecule is F/C(Cl)=C/COc1cc(Cl)c(OCCCOc2ccc(C(F)(F)F)cn2)c(Cl)c1. The Morgan fingerprint density at radius 2 is 1.69 bits per heavy atom. The van der Waals surface area contributed by atoms with E-state index >= 15 is 0 Å². The molecule has 1 aromatic heterocycles. The fourth-order valence-electron chi connectivity index (χ4n) is 2.00. The maximum absolute atomic E-state index is 12.5. The number of hydrogen-bond acceptors (Lipinski definition) is 4. The van der Waals surface area contributed by atoms with Crippen LogP contribution in [0.4, 0.5) is 17.6 Å². The molecule has 0 spiro atoms. The van der Waals surface area contributed by atoms with Crippen LogP contribution in [0.5, 0.6) is 17.4 Å². The maximum atomic E-state index is 12.5. The van der Waals surface area contributed by atoms with Crippen molar-refractivity contribution in [1.82, 2.24) is 4.98 Å². The molecule has 2 rings (SSSR count). The molecule has 0 saturated carbocycles. The molecule has 0 N–H and O–H groups in total. The van der Waals surface area contributed by atoms with E-state index in [-0.39, 0.29) is 41.5 Å². The number of halogens is 7. The summed E-state index contributed by atoms with van der Waals surface area (Å²) in [7, 11) is 0. The number of aromatic nitrogens is 1. The Morgan fingerprint density at radius 1 is 1.03 bits per heavy atom. The van der Waals surface area contributed by atoms with Crippen LogP contribution in [0.1, 0.15) is 12.0 Å². The minimum atomic E-state index is -4.45. The first-order chi connectivity index (χ1) is 13.7. The van der Waals surface area contributed by atoms with E-state index in [1.54, 1.807) is 0 Å². The Labute approximate surface area is 178 Å². The van der Waals surface area contributed by atoms with Gasteiger partial charge in [0.15, 0.2) is 11.0 Å². The van der Waals surface area contributed by atoms with Gasteiger partial charge in [-0.15, -0.1) is 0 Å². The Balaban J connectivity index is 1.79. The van der Waals surface area contributed by atoms with Crippen molar-refractivity contribution in [1.29, 1.82) is 0 Å². The highest BCUT2D eigenvalue weighted by Crippen LogP contribution is 2.37. The van der Waals surface area contributed by atoms with Crippen LogP contribution in [0.3, 0.4) is 0 Å². The highest BCUT2D eigenvalue weighted by Gasteiger charge is 2.30. The molecule has 0 saturated heterocycles. The van der Waals surface area contributed by atoms with Gasteiger partial charge in [0.25, 0.3) is 0 Å². The molecule has 0 fully saturated rings. The van der Waals surface area contributed by atoms with Crippen molar-refractivity contribution in [3.63, 3.8) is 0 Å². The van der Waals surface area contributed by atoms with E-state index in [0.29, 0.717) is 18.4 Å². The molecule has 0 bridgehead atoms. The zero-order valence-electron chi connectivity index (χ0n) is 14.6. The number of nitrogens with zero attached hydrogens (tertiary/aromatic N) is 1. The van der Waals surface area contributed by atoms with Crippen LogP contribution in [-0.4, -0.2) is 24.8 Å². The molecule has 0 radical (unpaired) electrons. The van der Waals surface area contributed by atoms with Crippen LogP contribution in [0.25, 0.3) is 0 Å². The molecule has 29 heavy (non-hydrogen) atoms. The molecule has 0 atom stereocenters. The highest BCUT2D eigenvalue weighted by molar-refractivity contribution is 6.37. The summed E-state index contributed by atoms with van der Waals surface area (Å²) in [4.78, 5) is 3.60. The smallest absolute Gasteiger partial charge is 0.417 e. The Kier molecular flexibility index (Phi) is 8.67. The molecule has 4 nitrogen and oxygen atoms in total. The van der Waals surface area contributed by atoms with Gasteiger partial charge < -0.3 is 14.2 Å². The molecule has 0 aliphatic heterocycles. The van der Waals surface area contributed by atoms with Crippen LogP contribution in [0, 0.1) is 0 Å². The lowest BCUT2D eigenvalue weighted by Gasteiger charge is -2.12. The van der Waals surface area contributed by atoms with Gasteiger partial charge in [-0.1, -0.05) is 34.8 Å². The molecule has 0 aliphatic rings. The van der Waals surface area contributed by atoms with Gasteiger partial charge in [0.05, 0.1) is 28.8 Å². The first kappa shape index (κ1) is 23.4. The summed E-state index contributed by atoms with van der Waals surface area (Å²) in [6.45, 7) is 0.239. The van der Waals surface area contributed by atoms with Crippen molar-refractivity contribution in [2.75, 3.05) is 19.8 Å². The van der Waals surface area contributed by atoms with Gasteiger partial charge in [0, 0.05) is 36.9 Å². The summed E-state index contributed by atoms with van der Waals surface area (Å²) < 4.78 is 65.8. The summed E-state index contributed by atoms with van der Waals surface area (Å²) >= 11 is 17.3. The number of pyridine rings is 1. The van der Waals surface area contributed by atoms with Gasteiger partial charge in [-0.2, -0.15) is 17.6 Å². The van der Waals surface area contributed by atoms with Crippen LogP contribution in [0.2, 0.25) is 10.0 Å². The van der Waals surface area contributed by atoms with E-state index in [1.807, 2.05) is 0 Å². The second kappa shape index (κ2) is 10.8. The lowest BCUT2D eigenvalue weighted by molar-refractivity contribution is -0.137. The third kappa shape index (κ3) is 7.79. The van der Waals surface area contributed by atoms with Crippen molar-refractivity contribution < 1.29 is 31.8 Å². The normalized spacial score (nSPS) is 12.0. The van der Waals surface area contributed by atoms with Crippen molar-refractivity contribution in [3.05, 3.63) is 57.4 Å². The van der Waals surface area contributed by atoms with E-state index < -0.39 is 17.0 Å². The van der Waals surface area contributed by atoms with E-state index in [1.165, 1.54) is 12.1 Å². The zero-order chi connectivity index (χ0) is 21.4. The monoisotopic (exact) mass is 473 g/mol. The van der Waals surface area contributed by atoms with E-state index in [9.17, 15) is 17.6 Å². The van der Waals surface area contributed by atoms with Gasteiger partial charge in [-0.05, 0) is 6.07 Å². The predicted octanol–water partition coefficient (Wildman–Crippen LogP) is 6.68. The van der Waals surface area contributed by atoms with Gasteiger partial charge in [-0.25, -0.2) is 4.98 Å². The van der Waals surface area contributed by atoms with Crippen molar-refractivity contribution in [3.8, 4) is 17.4 Å². The Bertz CT molecular complexity index is 818. The lowest BCUT2D eigenvalue weighted by Crippen LogP contribution is -2.08. The standard InChI is InChI=1S/C18H14Cl3F4NO3/c19-13-8-12(27-7-4-15(21)22)9-14(20)17(13)29-6-1-5-28-16-3-2-11(10-26-16)18(23,24)25/h2-4,8-10H,1,5-7H2/b15-4+. The molecular formula is C18H14Cl3F4NO3. The molecule has 11 heteroatoms. The number of hydrogen-bond donors (Lipinski definition) is 0. The average Bonchev–Trinajstić information content (AvgIpc) is 2.62. The first-order valence-electron chi connectivity index (χ1n) is 8.08. The molecule has 158 valence electrons. The van der Waals surface area contributed by atoms with E-state index in [4.69, 9.17) is 49.0 Å². The van der Waals surface area contributed by atoms with Gasteiger partial charge in [-0.3, -0.25) is 0 Å². The highest BCUT2D eigenvalue weighted by atomic mass is 35.5. The summed E-state index contributed by atoms with van der Waals surface area (Å²) in [5, 5.41) is -0.517. The van der Waals surface area contributed by atoms with Crippen LogP contribution in [0.15, 0.2) is 41.8 Å². The van der Waals surface area contributed by atoms with E-state index in [2.05, 4.69) is 4.98 Å². The largest absolute Gasteiger partial charge is 0.490 e. The van der Waals surface area contributed by atoms with Gasteiger partial charge in [0.2, 0.25) is 5.88 Å². The van der Waals surface area contributed by atoms with Gasteiger partial charge in [0.1, 0.15) is 12.4 Å². The number of rotatable bonds is 9. The predicted molar refractivity (Wildman–Crippen MR) is 102 cm³/mol. The van der Waals surface area contributed by atoms with Crippen molar-refractivity contribution in [2.45, 2.75) is 12.6 Å². The topological polar surface area (TPSA) is 40.6 Å². The second-order valence-electron chi connectivity index (χ2n) is 5.45. The zero-order valence-corrected chi connectivity index (χ0v) is 16.9. The fraction of sp³-hybridized carbons (Fsp3) is 0.278. The Hall–Kier alpha value is -1.90. The second-order valence-corrected chi connectivity index (χ2v) is 6.63. The maximum Gasteiger partial charge on any atom is 0.417 e. The molecule has 0 amide bonds. The molecule has 1 aromatic carbocycles. The summed E-state index contributed by atoms with van der Waals surface area (Å²) in [6, 6.07) is 4.93. The molecule has 1 heterocycles. The third-order valence-electron chi connectivity index (χ3n) is 3.31. The van der Waals surface area contributed by atoms with Crippen LogP contribution < -0.4 is 14.2 Å². The molecule has 2 aromatic rings. The minimum absolute atomic E-state index is 0.0676. The Morgan fingerprint density at radius 3 is 2.24 bits per heavy atom. The summed E-state index contributed by atoms with van der Waals surface area (Å²) in [5.74, 6) is 0.601. The summed E-state index contributed by atoms with van der Waals surface area (Å²) in [6.07, 6.45) is -2.32. The lowest BCUT2D eigenvalue weighted by atomic mass is 10.3. The minimum Gasteiger partial charge on any atom is -0.490 e. The average molecular weight is 475 g/mol. The molecule has 0 unspecified atom stereocenters. The molecular weight excluding hydrogens is 461 g/mol. The van der Waals surface area contributed by atoms with Gasteiger partial charge >= 0.3 is 6.18 Å². The molecule has 0 aliphatic carbocycles. The number of ether oxygens (including phenoxy) is 3. The first-order valence-corrected chi connectivity index (χ1v) is 9.22. The summed E-state index contributed by atoms with van der Waals surface area (Å²) in [5.41, 5.74) is -0.853.